The molecule has 0 aliphatic rings. The van der Waals surface area contributed by atoms with E-state index in [9.17, 15) is 14.4 Å². The molecule has 6 nitrogen and oxygen atoms in total. The number of allylic oxidation sites excluding steroid dienone is 10. The third-order valence-corrected chi connectivity index (χ3v) is 12.5. The fraction of sp³-hybridized carbons (Fsp3) is 0.787. The summed E-state index contributed by atoms with van der Waals surface area (Å²) in [5.41, 5.74) is 0. The van der Waals surface area contributed by atoms with E-state index in [1.54, 1.807) is 0 Å². The van der Waals surface area contributed by atoms with Gasteiger partial charge in [-0.3, -0.25) is 14.4 Å². The van der Waals surface area contributed by atoms with E-state index in [0.717, 1.165) is 70.6 Å². The normalized spacial score (nSPS) is 12.5. The molecular formula is C61H108O6. The van der Waals surface area contributed by atoms with E-state index in [-0.39, 0.29) is 31.1 Å². The smallest absolute Gasteiger partial charge is 0.306 e. The van der Waals surface area contributed by atoms with Crippen LogP contribution in [0.15, 0.2) is 60.8 Å². The van der Waals surface area contributed by atoms with E-state index in [2.05, 4.69) is 81.5 Å². The van der Waals surface area contributed by atoms with Gasteiger partial charge in [-0.05, 0) is 109 Å². The molecule has 67 heavy (non-hydrogen) atoms. The van der Waals surface area contributed by atoms with Crippen LogP contribution in [0.1, 0.15) is 290 Å². The number of ether oxygens (including phenoxy) is 3. The lowest BCUT2D eigenvalue weighted by atomic mass is 10.1. The van der Waals surface area contributed by atoms with Crippen molar-refractivity contribution in [3.63, 3.8) is 0 Å². The molecule has 6 heteroatoms. The molecule has 0 fully saturated rings. The fourth-order valence-corrected chi connectivity index (χ4v) is 8.09. The Labute approximate surface area is 415 Å². The molecule has 0 unspecified atom stereocenters. The Morgan fingerprint density at radius 3 is 0.910 bits per heavy atom. The number of esters is 3. The Hall–Kier alpha value is -2.89. The second kappa shape index (κ2) is 55.7. The van der Waals surface area contributed by atoms with E-state index < -0.39 is 6.10 Å². The predicted octanol–water partition coefficient (Wildman–Crippen LogP) is 19.2. The molecule has 0 saturated carbocycles. The quantitative estimate of drug-likeness (QED) is 0.0262. The van der Waals surface area contributed by atoms with Gasteiger partial charge in [0.2, 0.25) is 0 Å². The van der Waals surface area contributed by atoms with Gasteiger partial charge in [0.1, 0.15) is 13.2 Å². The zero-order chi connectivity index (χ0) is 48.6. The summed E-state index contributed by atoms with van der Waals surface area (Å²) >= 11 is 0. The van der Waals surface area contributed by atoms with Crippen molar-refractivity contribution < 1.29 is 28.6 Å². The Morgan fingerprint density at radius 2 is 0.537 bits per heavy atom. The summed E-state index contributed by atoms with van der Waals surface area (Å²) < 4.78 is 16.8. The summed E-state index contributed by atoms with van der Waals surface area (Å²) in [6.07, 6.45) is 69.2. The molecule has 1 atom stereocenters. The molecule has 0 N–H and O–H groups in total. The first-order valence-electron chi connectivity index (χ1n) is 28.8. The maximum atomic E-state index is 12.9. The molecule has 0 saturated heterocycles. The lowest BCUT2D eigenvalue weighted by molar-refractivity contribution is -0.167. The molecule has 0 aromatic rings. The van der Waals surface area contributed by atoms with Crippen LogP contribution in [0.5, 0.6) is 0 Å². The molecule has 0 radical (unpaired) electrons. The van der Waals surface area contributed by atoms with E-state index in [1.807, 2.05) is 0 Å². The Morgan fingerprint density at radius 1 is 0.299 bits per heavy atom. The second-order valence-electron chi connectivity index (χ2n) is 19.2. The standard InChI is InChI=1S/C61H108O6/c1-4-7-10-13-16-19-22-25-28-30-33-36-39-42-45-48-51-54-60(63)66-57-58(56-65-59(62)53-50-47-44-41-38-35-32-27-24-21-18-15-12-9-6-3)67-61(64)55-52-49-46-43-40-37-34-31-29-26-23-20-17-14-11-8-5-2/h18,21,25-29,32,38,41,58H,4-17,19-20,22-24,30-31,33-37,39-40,42-57H2,1-3H3/b21-18-,28-25-,29-26-,32-27-,41-38-/t58-/m1/s1. The highest BCUT2D eigenvalue weighted by Crippen LogP contribution is 2.15. The van der Waals surface area contributed by atoms with Crippen molar-refractivity contribution in [3.05, 3.63) is 60.8 Å². The number of hydrogen-bond acceptors (Lipinski definition) is 6. The highest BCUT2D eigenvalue weighted by Gasteiger charge is 2.19. The van der Waals surface area contributed by atoms with Gasteiger partial charge in [0.25, 0.3) is 0 Å². The van der Waals surface area contributed by atoms with Gasteiger partial charge in [-0.2, -0.15) is 0 Å². The second-order valence-corrected chi connectivity index (χ2v) is 19.2. The maximum absolute atomic E-state index is 12.9. The topological polar surface area (TPSA) is 78.9 Å². The Bertz CT molecular complexity index is 1210. The van der Waals surface area contributed by atoms with Crippen molar-refractivity contribution in [2.24, 2.45) is 0 Å². The monoisotopic (exact) mass is 937 g/mol. The zero-order valence-corrected chi connectivity index (χ0v) is 44.4. The van der Waals surface area contributed by atoms with E-state index >= 15 is 0 Å². The molecule has 0 heterocycles. The number of unbranched alkanes of at least 4 members (excludes halogenated alkanes) is 31. The highest BCUT2D eigenvalue weighted by molar-refractivity contribution is 5.71. The Kier molecular flexibility index (Phi) is 53.3. The van der Waals surface area contributed by atoms with Crippen LogP contribution in [0.25, 0.3) is 0 Å². The summed E-state index contributed by atoms with van der Waals surface area (Å²) in [4.78, 5) is 38.1. The van der Waals surface area contributed by atoms with Crippen LogP contribution in [0.2, 0.25) is 0 Å². The molecule has 0 aromatic carbocycles. The molecular weight excluding hydrogens is 829 g/mol. The van der Waals surface area contributed by atoms with Gasteiger partial charge in [0.15, 0.2) is 6.10 Å². The number of hydrogen-bond donors (Lipinski definition) is 0. The van der Waals surface area contributed by atoms with Crippen molar-refractivity contribution in [2.75, 3.05) is 13.2 Å². The van der Waals surface area contributed by atoms with E-state index in [0.29, 0.717) is 19.3 Å². The molecule has 0 spiro atoms. The minimum absolute atomic E-state index is 0.0893. The van der Waals surface area contributed by atoms with Crippen molar-refractivity contribution >= 4 is 17.9 Å². The van der Waals surface area contributed by atoms with Gasteiger partial charge in [-0.25, -0.2) is 0 Å². The summed E-state index contributed by atoms with van der Waals surface area (Å²) in [7, 11) is 0. The molecule has 0 bridgehead atoms. The Balaban J connectivity index is 4.43. The van der Waals surface area contributed by atoms with Crippen LogP contribution >= 0.6 is 0 Å². The number of carbonyl (C=O) groups is 3. The van der Waals surface area contributed by atoms with Gasteiger partial charge in [-0.15, -0.1) is 0 Å². The van der Waals surface area contributed by atoms with Crippen molar-refractivity contribution in [1.82, 2.24) is 0 Å². The molecule has 0 aliphatic carbocycles. The lowest BCUT2D eigenvalue weighted by Crippen LogP contribution is -2.30. The molecule has 0 amide bonds. The van der Waals surface area contributed by atoms with Crippen LogP contribution in [-0.2, 0) is 28.6 Å². The van der Waals surface area contributed by atoms with Crippen LogP contribution in [-0.4, -0.2) is 37.2 Å². The average molecular weight is 938 g/mol. The minimum atomic E-state index is -0.793. The number of rotatable bonds is 52. The SMILES string of the molecule is CCCCC/C=C\C/C=C\C/C=C\CCCCC(=O)OC[C@H](COC(=O)CCCCCCCCC/C=C\CCCCCCCC)OC(=O)CCCCCCCCC/C=C\CCCCCCCC. The summed E-state index contributed by atoms with van der Waals surface area (Å²) in [5, 5.41) is 0. The van der Waals surface area contributed by atoms with Crippen molar-refractivity contribution in [3.8, 4) is 0 Å². The van der Waals surface area contributed by atoms with Crippen LogP contribution in [0.4, 0.5) is 0 Å². The van der Waals surface area contributed by atoms with Gasteiger partial charge >= 0.3 is 17.9 Å². The van der Waals surface area contributed by atoms with E-state index in [4.69, 9.17) is 14.2 Å². The predicted molar refractivity (Wildman–Crippen MR) is 288 cm³/mol. The third-order valence-electron chi connectivity index (χ3n) is 12.5. The molecule has 0 aliphatic heterocycles. The summed E-state index contributed by atoms with van der Waals surface area (Å²) in [6, 6.07) is 0. The van der Waals surface area contributed by atoms with Gasteiger partial charge in [0, 0.05) is 19.3 Å². The molecule has 0 rings (SSSR count). The number of carbonyl (C=O) groups excluding carboxylic acids is 3. The van der Waals surface area contributed by atoms with E-state index in [1.165, 1.54) is 180 Å². The minimum Gasteiger partial charge on any atom is -0.462 e. The first-order valence-corrected chi connectivity index (χ1v) is 28.8. The van der Waals surface area contributed by atoms with Gasteiger partial charge < -0.3 is 14.2 Å². The summed E-state index contributed by atoms with van der Waals surface area (Å²) in [5.74, 6) is -0.928. The first-order chi connectivity index (χ1) is 33.0. The maximum Gasteiger partial charge on any atom is 0.306 e. The lowest BCUT2D eigenvalue weighted by Gasteiger charge is -2.18. The van der Waals surface area contributed by atoms with Gasteiger partial charge in [-0.1, -0.05) is 223 Å². The molecule has 0 aromatic heterocycles. The highest BCUT2D eigenvalue weighted by atomic mass is 16.6. The van der Waals surface area contributed by atoms with Crippen LogP contribution in [0, 0.1) is 0 Å². The zero-order valence-electron chi connectivity index (χ0n) is 44.4. The van der Waals surface area contributed by atoms with Crippen LogP contribution < -0.4 is 0 Å². The largest absolute Gasteiger partial charge is 0.462 e. The van der Waals surface area contributed by atoms with Crippen molar-refractivity contribution in [2.45, 2.75) is 297 Å². The average Bonchev–Trinajstić information content (AvgIpc) is 3.33. The summed E-state index contributed by atoms with van der Waals surface area (Å²) in [6.45, 7) is 6.59. The first kappa shape index (κ1) is 64.1. The third kappa shape index (κ3) is 53.9. The fourth-order valence-electron chi connectivity index (χ4n) is 8.09. The van der Waals surface area contributed by atoms with Crippen LogP contribution in [0.3, 0.4) is 0 Å². The van der Waals surface area contributed by atoms with Crippen molar-refractivity contribution in [1.29, 1.82) is 0 Å². The molecule has 388 valence electrons. The van der Waals surface area contributed by atoms with Gasteiger partial charge in [0.05, 0.1) is 0 Å².